The van der Waals surface area contributed by atoms with E-state index < -0.39 is 11.8 Å². The van der Waals surface area contributed by atoms with Crippen LogP contribution in [-0.4, -0.2) is 18.4 Å². The molecule has 0 aliphatic heterocycles. The molecular weight excluding hydrogens is 276 g/mol. The maximum absolute atomic E-state index is 12.4. The normalized spacial score (nSPS) is 9.82. The highest BCUT2D eigenvalue weighted by Crippen LogP contribution is 2.17. The summed E-state index contributed by atoms with van der Waals surface area (Å²) in [6.07, 6.45) is 1.54. The van der Waals surface area contributed by atoms with Crippen molar-refractivity contribution in [3.63, 3.8) is 0 Å². The number of carbonyl (C=O) groups excluding carboxylic acids is 2. The minimum atomic E-state index is -0.639. The fraction of sp³-hybridized carbons (Fsp3) is 0.111. The fourth-order valence-electron chi connectivity index (χ4n) is 2.02. The van der Waals surface area contributed by atoms with Crippen molar-refractivity contribution in [1.29, 1.82) is 0 Å². The zero-order valence-corrected chi connectivity index (χ0v) is 12.2. The van der Waals surface area contributed by atoms with Crippen molar-refractivity contribution in [2.75, 3.05) is 11.4 Å². The summed E-state index contributed by atoms with van der Waals surface area (Å²) < 4.78 is 0. The molecule has 0 aromatic heterocycles. The van der Waals surface area contributed by atoms with E-state index in [-0.39, 0.29) is 6.54 Å². The van der Waals surface area contributed by atoms with Crippen LogP contribution >= 0.6 is 0 Å². The van der Waals surface area contributed by atoms with Gasteiger partial charge in [-0.3, -0.25) is 14.5 Å². The van der Waals surface area contributed by atoms with E-state index in [1.807, 2.05) is 60.7 Å². The van der Waals surface area contributed by atoms with Crippen LogP contribution < -0.4 is 10.2 Å². The van der Waals surface area contributed by atoms with Gasteiger partial charge in [0.15, 0.2) is 0 Å². The van der Waals surface area contributed by atoms with Gasteiger partial charge in [-0.1, -0.05) is 54.6 Å². The molecule has 0 fully saturated rings. The number of hydrogen-bond donors (Lipinski definition) is 1. The van der Waals surface area contributed by atoms with Gasteiger partial charge in [0, 0.05) is 12.2 Å². The first-order valence-corrected chi connectivity index (χ1v) is 7.02. The first kappa shape index (κ1) is 15.5. The van der Waals surface area contributed by atoms with E-state index in [0.717, 1.165) is 5.56 Å². The topological polar surface area (TPSA) is 49.4 Å². The summed E-state index contributed by atoms with van der Waals surface area (Å²) in [6, 6.07) is 18.7. The Morgan fingerprint density at radius 2 is 1.59 bits per heavy atom. The van der Waals surface area contributed by atoms with Gasteiger partial charge in [-0.05, 0) is 17.7 Å². The zero-order chi connectivity index (χ0) is 15.8. The van der Waals surface area contributed by atoms with Gasteiger partial charge in [0.2, 0.25) is 0 Å². The molecule has 0 atom stereocenters. The van der Waals surface area contributed by atoms with Crippen LogP contribution in [0.25, 0.3) is 0 Å². The van der Waals surface area contributed by atoms with E-state index in [1.54, 1.807) is 0 Å². The SMILES string of the molecule is C=CCNC(=O)C(=O)N(Cc1ccccc1)c1ccccc1. The van der Waals surface area contributed by atoms with E-state index in [0.29, 0.717) is 12.2 Å². The maximum atomic E-state index is 12.4. The van der Waals surface area contributed by atoms with Crippen molar-refractivity contribution in [1.82, 2.24) is 5.32 Å². The number of amides is 2. The summed E-state index contributed by atoms with van der Waals surface area (Å²) in [6.45, 7) is 4.12. The van der Waals surface area contributed by atoms with Crippen molar-refractivity contribution in [3.8, 4) is 0 Å². The molecular formula is C18H18N2O2. The van der Waals surface area contributed by atoms with Gasteiger partial charge < -0.3 is 5.32 Å². The standard InChI is InChI=1S/C18H18N2O2/c1-2-13-19-17(21)18(22)20(16-11-7-4-8-12-16)14-15-9-5-3-6-10-15/h2-12H,1,13-14H2,(H,19,21). The van der Waals surface area contributed by atoms with Crippen molar-refractivity contribution >= 4 is 17.5 Å². The molecule has 22 heavy (non-hydrogen) atoms. The molecule has 2 aromatic carbocycles. The highest BCUT2D eigenvalue weighted by Gasteiger charge is 2.22. The van der Waals surface area contributed by atoms with Gasteiger partial charge in [-0.15, -0.1) is 6.58 Å². The summed E-state index contributed by atoms with van der Waals surface area (Å²) in [5.41, 5.74) is 1.64. The minimum absolute atomic E-state index is 0.262. The van der Waals surface area contributed by atoms with Crippen LogP contribution in [0.15, 0.2) is 73.3 Å². The lowest BCUT2D eigenvalue weighted by Crippen LogP contribution is -2.42. The number of anilines is 1. The number of nitrogens with zero attached hydrogens (tertiary/aromatic N) is 1. The predicted molar refractivity (Wildman–Crippen MR) is 87.3 cm³/mol. The second kappa shape index (κ2) is 7.78. The summed E-state index contributed by atoms with van der Waals surface area (Å²) in [5.74, 6) is -1.23. The molecule has 0 aliphatic rings. The Hall–Kier alpha value is -2.88. The first-order chi connectivity index (χ1) is 10.7. The Bertz CT molecular complexity index is 639. The molecule has 2 rings (SSSR count). The third kappa shape index (κ3) is 4.06. The molecule has 0 heterocycles. The Balaban J connectivity index is 2.24. The highest BCUT2D eigenvalue weighted by atomic mass is 16.2. The second-order valence-corrected chi connectivity index (χ2v) is 4.71. The van der Waals surface area contributed by atoms with E-state index in [4.69, 9.17) is 0 Å². The second-order valence-electron chi connectivity index (χ2n) is 4.71. The van der Waals surface area contributed by atoms with Crippen LogP contribution in [0.4, 0.5) is 5.69 Å². The minimum Gasteiger partial charge on any atom is -0.344 e. The molecule has 1 N–H and O–H groups in total. The van der Waals surface area contributed by atoms with E-state index in [1.165, 1.54) is 11.0 Å². The molecule has 0 radical (unpaired) electrons. The smallest absolute Gasteiger partial charge is 0.316 e. The molecule has 0 saturated carbocycles. The van der Waals surface area contributed by atoms with Crippen molar-refractivity contribution in [2.24, 2.45) is 0 Å². The Labute approximate surface area is 130 Å². The molecule has 2 aromatic rings. The number of benzene rings is 2. The molecule has 0 bridgehead atoms. The van der Waals surface area contributed by atoms with Crippen LogP contribution in [0.2, 0.25) is 0 Å². The number of para-hydroxylation sites is 1. The van der Waals surface area contributed by atoms with Gasteiger partial charge in [0.1, 0.15) is 0 Å². The van der Waals surface area contributed by atoms with Crippen LogP contribution in [0.1, 0.15) is 5.56 Å². The zero-order valence-electron chi connectivity index (χ0n) is 12.2. The van der Waals surface area contributed by atoms with Crippen LogP contribution in [0, 0.1) is 0 Å². The average Bonchev–Trinajstić information content (AvgIpc) is 2.58. The van der Waals surface area contributed by atoms with Gasteiger partial charge in [0.25, 0.3) is 0 Å². The molecule has 0 aliphatic carbocycles. The number of nitrogens with one attached hydrogen (secondary N) is 1. The maximum Gasteiger partial charge on any atom is 0.316 e. The first-order valence-electron chi connectivity index (χ1n) is 7.02. The number of hydrogen-bond acceptors (Lipinski definition) is 2. The average molecular weight is 294 g/mol. The number of rotatable bonds is 5. The van der Waals surface area contributed by atoms with Crippen LogP contribution in [0.5, 0.6) is 0 Å². The lowest BCUT2D eigenvalue weighted by Gasteiger charge is -2.22. The highest BCUT2D eigenvalue weighted by molar-refractivity contribution is 6.40. The van der Waals surface area contributed by atoms with E-state index in [9.17, 15) is 9.59 Å². The van der Waals surface area contributed by atoms with Crippen molar-refractivity contribution < 1.29 is 9.59 Å². The Kier molecular flexibility index (Phi) is 5.49. The summed E-state index contributed by atoms with van der Waals surface area (Å²) >= 11 is 0. The van der Waals surface area contributed by atoms with Gasteiger partial charge in [0.05, 0.1) is 6.54 Å². The van der Waals surface area contributed by atoms with E-state index in [2.05, 4.69) is 11.9 Å². The molecule has 0 unspecified atom stereocenters. The molecule has 2 amide bonds. The Morgan fingerprint density at radius 3 is 2.18 bits per heavy atom. The van der Waals surface area contributed by atoms with Crippen molar-refractivity contribution in [3.05, 3.63) is 78.9 Å². The summed E-state index contributed by atoms with van der Waals surface area (Å²) in [4.78, 5) is 25.9. The predicted octanol–water partition coefficient (Wildman–Crippen LogP) is 2.52. The van der Waals surface area contributed by atoms with Gasteiger partial charge in [-0.2, -0.15) is 0 Å². The Morgan fingerprint density at radius 1 is 1.00 bits per heavy atom. The number of carbonyl (C=O) groups is 2. The van der Waals surface area contributed by atoms with Crippen molar-refractivity contribution in [2.45, 2.75) is 6.54 Å². The van der Waals surface area contributed by atoms with Crippen LogP contribution in [0.3, 0.4) is 0 Å². The van der Waals surface area contributed by atoms with Gasteiger partial charge in [-0.25, -0.2) is 0 Å². The summed E-state index contributed by atoms with van der Waals surface area (Å²) in [5, 5.41) is 2.52. The summed E-state index contributed by atoms with van der Waals surface area (Å²) in [7, 11) is 0. The lowest BCUT2D eigenvalue weighted by atomic mass is 10.2. The molecule has 4 nitrogen and oxygen atoms in total. The van der Waals surface area contributed by atoms with E-state index >= 15 is 0 Å². The van der Waals surface area contributed by atoms with Gasteiger partial charge >= 0.3 is 11.8 Å². The molecule has 112 valence electrons. The fourth-order valence-corrected chi connectivity index (χ4v) is 2.02. The molecule has 0 saturated heterocycles. The largest absolute Gasteiger partial charge is 0.344 e. The lowest BCUT2D eigenvalue weighted by molar-refractivity contribution is -0.137. The van der Waals surface area contributed by atoms with Crippen LogP contribution in [-0.2, 0) is 16.1 Å². The third-order valence-corrected chi connectivity index (χ3v) is 3.10. The molecule has 0 spiro atoms. The quantitative estimate of drug-likeness (QED) is 0.680. The monoisotopic (exact) mass is 294 g/mol. The molecule has 4 heteroatoms. The third-order valence-electron chi connectivity index (χ3n) is 3.10.